The Hall–Kier alpha value is -0.390. The summed E-state index contributed by atoms with van der Waals surface area (Å²) < 4.78 is 26.7. The molecule has 0 bridgehead atoms. The number of benzene rings is 1. The normalized spacial score (nSPS) is 21.3. The number of sulfonamides is 1. The van der Waals surface area contributed by atoms with Crippen LogP contribution in [0.25, 0.3) is 0 Å². The van der Waals surface area contributed by atoms with Gasteiger partial charge in [-0.2, -0.15) is 4.31 Å². The number of halogens is 1. The van der Waals surface area contributed by atoms with Gasteiger partial charge in [0.25, 0.3) is 0 Å². The van der Waals surface area contributed by atoms with E-state index >= 15 is 0 Å². The highest BCUT2D eigenvalue weighted by atomic mass is 79.9. The lowest BCUT2D eigenvalue weighted by Crippen LogP contribution is -2.35. The van der Waals surface area contributed by atoms with E-state index in [4.69, 9.17) is 0 Å². The summed E-state index contributed by atoms with van der Waals surface area (Å²) in [7, 11) is -3.30. The van der Waals surface area contributed by atoms with E-state index in [1.165, 1.54) is 0 Å². The minimum Gasteiger partial charge on any atom is -0.207 e. The Morgan fingerprint density at radius 1 is 1.28 bits per heavy atom. The van der Waals surface area contributed by atoms with Crippen LogP contribution < -0.4 is 0 Å². The van der Waals surface area contributed by atoms with E-state index in [2.05, 4.69) is 15.9 Å². The number of rotatable bonds is 5. The van der Waals surface area contributed by atoms with E-state index in [1.54, 1.807) is 28.6 Å². The summed E-state index contributed by atoms with van der Waals surface area (Å²) in [6.45, 7) is 0.657. The second kappa shape index (κ2) is 6.17. The molecule has 5 heteroatoms. The zero-order valence-corrected chi connectivity index (χ0v) is 12.7. The van der Waals surface area contributed by atoms with Crippen LogP contribution in [0, 0.1) is 0 Å². The van der Waals surface area contributed by atoms with Gasteiger partial charge in [-0.05, 0) is 37.8 Å². The van der Waals surface area contributed by atoms with Gasteiger partial charge >= 0.3 is 0 Å². The highest BCUT2D eigenvalue weighted by molar-refractivity contribution is 9.09. The van der Waals surface area contributed by atoms with Crippen LogP contribution in [0.2, 0.25) is 0 Å². The van der Waals surface area contributed by atoms with Crippen LogP contribution in [0.15, 0.2) is 35.2 Å². The third-order valence-electron chi connectivity index (χ3n) is 3.34. The number of alkyl halides is 1. The van der Waals surface area contributed by atoms with Crippen molar-refractivity contribution in [1.82, 2.24) is 4.31 Å². The lowest BCUT2D eigenvalue weighted by atomic mass is 10.1. The van der Waals surface area contributed by atoms with Crippen LogP contribution in [0.5, 0.6) is 0 Å². The van der Waals surface area contributed by atoms with Gasteiger partial charge in [-0.15, -0.1) is 0 Å². The number of hydrogen-bond donors (Lipinski definition) is 0. The summed E-state index contributed by atoms with van der Waals surface area (Å²) in [5, 5.41) is 0.933. The lowest BCUT2D eigenvalue weighted by Gasteiger charge is -2.23. The van der Waals surface area contributed by atoms with Crippen LogP contribution >= 0.6 is 15.9 Å². The highest BCUT2D eigenvalue weighted by Crippen LogP contribution is 2.28. The van der Waals surface area contributed by atoms with E-state index in [1.807, 2.05) is 6.07 Å². The monoisotopic (exact) mass is 331 g/mol. The summed E-state index contributed by atoms with van der Waals surface area (Å²) in [6, 6.07) is 8.91. The van der Waals surface area contributed by atoms with E-state index in [0.29, 0.717) is 11.4 Å². The quantitative estimate of drug-likeness (QED) is 0.778. The van der Waals surface area contributed by atoms with Crippen molar-refractivity contribution in [3.8, 4) is 0 Å². The fourth-order valence-corrected chi connectivity index (χ4v) is 4.52. The zero-order valence-electron chi connectivity index (χ0n) is 10.3. The van der Waals surface area contributed by atoms with E-state index in [9.17, 15) is 8.42 Å². The molecule has 1 atom stereocenters. The van der Waals surface area contributed by atoms with Gasteiger partial charge in [0, 0.05) is 17.9 Å². The number of nitrogens with zero attached hydrogens (tertiary/aromatic N) is 1. The SMILES string of the molecule is O=S(=O)(c1ccccc1)N1CCCC1CCCBr. The minimum atomic E-state index is -3.30. The molecule has 0 spiro atoms. The molecule has 0 aliphatic carbocycles. The van der Waals surface area contributed by atoms with Gasteiger partial charge in [0.1, 0.15) is 0 Å². The Labute approximate surface area is 117 Å². The molecule has 1 unspecified atom stereocenters. The molecule has 0 saturated carbocycles. The van der Waals surface area contributed by atoms with Gasteiger partial charge in [0.15, 0.2) is 0 Å². The second-order valence-corrected chi connectivity index (χ2v) is 7.24. The molecule has 0 aromatic heterocycles. The molecule has 0 radical (unpaired) electrons. The molecule has 1 aromatic rings. The smallest absolute Gasteiger partial charge is 0.207 e. The average molecular weight is 332 g/mol. The Bertz CT molecular complexity index is 475. The second-order valence-electron chi connectivity index (χ2n) is 4.56. The summed E-state index contributed by atoms with van der Waals surface area (Å²) >= 11 is 3.40. The molecule has 1 aromatic carbocycles. The van der Waals surface area contributed by atoms with Gasteiger partial charge in [0.2, 0.25) is 10.0 Å². The summed E-state index contributed by atoms with van der Waals surface area (Å²) in [4.78, 5) is 0.413. The average Bonchev–Trinajstić information content (AvgIpc) is 2.86. The molecule has 2 rings (SSSR count). The first-order valence-electron chi connectivity index (χ1n) is 6.29. The molecular formula is C13H18BrNO2S. The molecule has 18 heavy (non-hydrogen) atoms. The molecule has 3 nitrogen and oxygen atoms in total. The van der Waals surface area contributed by atoms with E-state index in [0.717, 1.165) is 31.0 Å². The molecule has 100 valence electrons. The molecular weight excluding hydrogens is 314 g/mol. The predicted molar refractivity (Wildman–Crippen MR) is 76.4 cm³/mol. The van der Waals surface area contributed by atoms with Crippen molar-refractivity contribution in [1.29, 1.82) is 0 Å². The van der Waals surface area contributed by atoms with Gasteiger partial charge in [-0.25, -0.2) is 8.42 Å². The van der Waals surface area contributed by atoms with Gasteiger partial charge < -0.3 is 0 Å². The fourth-order valence-electron chi connectivity index (χ4n) is 2.45. The Morgan fingerprint density at radius 3 is 2.67 bits per heavy atom. The summed E-state index contributed by atoms with van der Waals surface area (Å²) in [5.41, 5.74) is 0. The largest absolute Gasteiger partial charge is 0.243 e. The van der Waals surface area contributed by atoms with Crippen molar-refractivity contribution < 1.29 is 8.42 Å². The van der Waals surface area contributed by atoms with Crippen molar-refractivity contribution in [2.24, 2.45) is 0 Å². The standard InChI is InChI=1S/C13H18BrNO2S/c14-10-4-6-12-7-5-11-15(12)18(16,17)13-8-2-1-3-9-13/h1-3,8-9,12H,4-7,10-11H2. The molecule has 1 aliphatic heterocycles. The molecule has 0 N–H and O–H groups in total. The fraction of sp³-hybridized carbons (Fsp3) is 0.538. The van der Waals surface area contributed by atoms with Gasteiger partial charge in [0.05, 0.1) is 4.90 Å². The molecule has 1 heterocycles. The molecule has 1 fully saturated rings. The zero-order chi connectivity index (χ0) is 13.0. The van der Waals surface area contributed by atoms with Crippen molar-refractivity contribution in [3.05, 3.63) is 30.3 Å². The van der Waals surface area contributed by atoms with Crippen LogP contribution in [-0.2, 0) is 10.0 Å². The van der Waals surface area contributed by atoms with Crippen molar-refractivity contribution in [2.45, 2.75) is 36.6 Å². The predicted octanol–water partition coefficient (Wildman–Crippen LogP) is 3.01. The Kier molecular flexibility index (Phi) is 4.81. The van der Waals surface area contributed by atoms with Crippen LogP contribution in [0.4, 0.5) is 0 Å². The maximum absolute atomic E-state index is 12.5. The topological polar surface area (TPSA) is 37.4 Å². The first-order valence-corrected chi connectivity index (χ1v) is 8.85. The van der Waals surface area contributed by atoms with E-state index in [-0.39, 0.29) is 6.04 Å². The first-order chi connectivity index (χ1) is 8.66. The maximum atomic E-state index is 12.5. The highest BCUT2D eigenvalue weighted by Gasteiger charge is 2.34. The lowest BCUT2D eigenvalue weighted by molar-refractivity contribution is 0.369. The third-order valence-corrected chi connectivity index (χ3v) is 5.87. The van der Waals surface area contributed by atoms with E-state index < -0.39 is 10.0 Å². The minimum absolute atomic E-state index is 0.174. The molecule has 0 amide bonds. The summed E-state index contributed by atoms with van der Waals surface area (Å²) in [6.07, 6.45) is 3.92. The van der Waals surface area contributed by atoms with Crippen LogP contribution in [-0.4, -0.2) is 30.6 Å². The van der Waals surface area contributed by atoms with Crippen molar-refractivity contribution >= 4 is 26.0 Å². The van der Waals surface area contributed by atoms with Crippen molar-refractivity contribution in [3.63, 3.8) is 0 Å². The van der Waals surface area contributed by atoms with Crippen LogP contribution in [0.3, 0.4) is 0 Å². The van der Waals surface area contributed by atoms with Crippen molar-refractivity contribution in [2.75, 3.05) is 11.9 Å². The van der Waals surface area contributed by atoms with Gasteiger partial charge in [-0.3, -0.25) is 0 Å². The van der Waals surface area contributed by atoms with Gasteiger partial charge in [-0.1, -0.05) is 34.1 Å². The summed E-state index contributed by atoms with van der Waals surface area (Å²) in [5.74, 6) is 0. The number of hydrogen-bond acceptors (Lipinski definition) is 2. The first kappa shape index (κ1) is 14.0. The Morgan fingerprint density at radius 2 is 2.00 bits per heavy atom. The van der Waals surface area contributed by atoms with Crippen LogP contribution in [0.1, 0.15) is 25.7 Å². The molecule has 1 aliphatic rings. The maximum Gasteiger partial charge on any atom is 0.243 e. The third kappa shape index (κ3) is 2.95. The molecule has 1 saturated heterocycles. The Balaban J connectivity index is 2.19.